The molecule has 1 aliphatic heterocycles. The van der Waals surface area contributed by atoms with E-state index in [9.17, 15) is 4.79 Å². The maximum atomic E-state index is 12.1. The van der Waals surface area contributed by atoms with Crippen LogP contribution in [0.1, 0.15) is 32.3 Å². The fraction of sp³-hybridized carbons (Fsp3) is 0.524. The lowest BCUT2D eigenvalue weighted by molar-refractivity contribution is -0.149. The van der Waals surface area contributed by atoms with Crippen LogP contribution in [-0.2, 0) is 16.0 Å². The van der Waals surface area contributed by atoms with Crippen molar-refractivity contribution in [1.29, 1.82) is 0 Å². The van der Waals surface area contributed by atoms with Crippen LogP contribution in [0.5, 0.6) is 0 Å². The van der Waals surface area contributed by atoms with Crippen molar-refractivity contribution < 1.29 is 9.53 Å². The summed E-state index contributed by atoms with van der Waals surface area (Å²) in [4.78, 5) is 22.4. The third-order valence-electron chi connectivity index (χ3n) is 4.99. The lowest BCUT2D eigenvalue weighted by Gasteiger charge is -2.34. The highest BCUT2D eigenvalue weighted by Gasteiger charge is 2.28. The van der Waals surface area contributed by atoms with Crippen LogP contribution in [0.3, 0.4) is 0 Å². The van der Waals surface area contributed by atoms with Crippen molar-refractivity contribution in [1.82, 2.24) is 15.2 Å². The van der Waals surface area contributed by atoms with Crippen molar-refractivity contribution in [3.8, 4) is 0 Å². The number of fused-ring (bicyclic) bond motifs is 1. The van der Waals surface area contributed by atoms with Gasteiger partial charge < -0.3 is 19.9 Å². The fourth-order valence-electron chi connectivity index (χ4n) is 3.67. The van der Waals surface area contributed by atoms with Gasteiger partial charge in [0.25, 0.3) is 0 Å². The zero-order chi connectivity index (χ0) is 19.1. The van der Waals surface area contributed by atoms with Crippen molar-refractivity contribution in [2.24, 2.45) is 10.9 Å². The molecule has 1 aliphatic rings. The van der Waals surface area contributed by atoms with Gasteiger partial charge in [-0.1, -0.05) is 18.2 Å². The summed E-state index contributed by atoms with van der Waals surface area (Å²) in [5.41, 5.74) is 2.45. The first kappa shape index (κ1) is 22.5. The Balaban J connectivity index is 0.00000280. The predicted octanol–water partition coefficient (Wildman–Crippen LogP) is 3.57. The molecule has 1 unspecified atom stereocenters. The number of H-pyrrole nitrogens is 1. The van der Waals surface area contributed by atoms with E-state index in [1.807, 2.05) is 13.0 Å². The predicted molar refractivity (Wildman–Crippen MR) is 124 cm³/mol. The third-order valence-corrected chi connectivity index (χ3v) is 4.99. The van der Waals surface area contributed by atoms with Crippen molar-refractivity contribution >= 4 is 46.8 Å². The van der Waals surface area contributed by atoms with Crippen LogP contribution < -0.4 is 5.32 Å². The molecule has 0 amide bonds. The Morgan fingerprint density at radius 2 is 2.18 bits per heavy atom. The Bertz CT molecular complexity index is 790. The molecule has 2 heterocycles. The zero-order valence-corrected chi connectivity index (χ0v) is 19.1. The number of esters is 1. The molecule has 7 heteroatoms. The highest BCUT2D eigenvalue weighted by Crippen LogP contribution is 2.19. The van der Waals surface area contributed by atoms with E-state index in [-0.39, 0.29) is 35.9 Å². The highest BCUT2D eigenvalue weighted by atomic mass is 127. The topological polar surface area (TPSA) is 69.7 Å². The molecular weight excluding hydrogens is 467 g/mol. The number of guanidine groups is 1. The molecule has 0 saturated carbocycles. The van der Waals surface area contributed by atoms with E-state index in [0.29, 0.717) is 19.7 Å². The van der Waals surface area contributed by atoms with E-state index in [4.69, 9.17) is 9.73 Å². The van der Waals surface area contributed by atoms with Crippen LogP contribution in [0.2, 0.25) is 0 Å². The number of hydrogen-bond donors (Lipinski definition) is 2. The number of nitrogens with one attached hydrogen (secondary N) is 2. The zero-order valence-electron chi connectivity index (χ0n) is 16.7. The van der Waals surface area contributed by atoms with Crippen molar-refractivity contribution in [3.63, 3.8) is 0 Å². The summed E-state index contributed by atoms with van der Waals surface area (Å²) in [6.07, 6.45) is 4.83. The van der Waals surface area contributed by atoms with Gasteiger partial charge in [-0.15, -0.1) is 24.0 Å². The number of likely N-dealkylation sites (tertiary alicyclic amines) is 1. The molecule has 3 rings (SSSR count). The number of aromatic amines is 1. The van der Waals surface area contributed by atoms with Gasteiger partial charge in [0.15, 0.2) is 5.96 Å². The summed E-state index contributed by atoms with van der Waals surface area (Å²) in [7, 11) is 0. The first-order valence-electron chi connectivity index (χ1n) is 9.97. The van der Waals surface area contributed by atoms with E-state index >= 15 is 0 Å². The summed E-state index contributed by atoms with van der Waals surface area (Å²) in [5.74, 6) is 0.749. The van der Waals surface area contributed by atoms with Gasteiger partial charge in [-0.25, -0.2) is 0 Å². The number of nitrogens with zero attached hydrogens (tertiary/aromatic N) is 2. The van der Waals surface area contributed by atoms with Gasteiger partial charge in [-0.2, -0.15) is 0 Å². The number of ether oxygens (including phenoxy) is 1. The van der Waals surface area contributed by atoms with Gasteiger partial charge in [0.05, 0.1) is 12.5 Å². The molecule has 1 aromatic heterocycles. The molecule has 1 aromatic carbocycles. The summed E-state index contributed by atoms with van der Waals surface area (Å²) in [6.45, 7) is 7.49. The van der Waals surface area contributed by atoms with Crippen LogP contribution in [0.4, 0.5) is 0 Å². The Morgan fingerprint density at radius 1 is 1.36 bits per heavy atom. The molecular formula is C21H31IN4O2. The van der Waals surface area contributed by atoms with E-state index in [1.165, 1.54) is 10.9 Å². The SMILES string of the molecule is CCNC(=NCCc1c[nH]c2ccccc12)N1CCCC(C(=O)OCC)C1.I. The lowest BCUT2D eigenvalue weighted by Crippen LogP contribution is -2.48. The van der Waals surface area contributed by atoms with E-state index in [2.05, 4.69) is 46.5 Å². The minimum Gasteiger partial charge on any atom is -0.466 e. The molecule has 154 valence electrons. The molecule has 0 aliphatic carbocycles. The van der Waals surface area contributed by atoms with Gasteiger partial charge in [-0.3, -0.25) is 9.79 Å². The number of benzene rings is 1. The van der Waals surface area contributed by atoms with Gasteiger partial charge >= 0.3 is 5.97 Å². The van der Waals surface area contributed by atoms with Crippen molar-refractivity contribution in [3.05, 3.63) is 36.0 Å². The second-order valence-corrected chi connectivity index (χ2v) is 6.88. The number of para-hydroxylation sites is 1. The minimum atomic E-state index is -0.0863. The average Bonchev–Trinajstić information content (AvgIpc) is 3.11. The van der Waals surface area contributed by atoms with E-state index in [1.54, 1.807) is 0 Å². The third kappa shape index (κ3) is 5.62. The van der Waals surface area contributed by atoms with Crippen LogP contribution >= 0.6 is 24.0 Å². The second-order valence-electron chi connectivity index (χ2n) is 6.88. The molecule has 0 bridgehead atoms. The van der Waals surface area contributed by atoms with Gasteiger partial charge in [0, 0.05) is 43.3 Å². The monoisotopic (exact) mass is 498 g/mol. The number of hydrogen-bond acceptors (Lipinski definition) is 3. The molecule has 1 saturated heterocycles. The average molecular weight is 498 g/mol. The molecule has 28 heavy (non-hydrogen) atoms. The number of halogens is 1. The summed E-state index contributed by atoms with van der Waals surface area (Å²) in [5, 5.41) is 4.64. The van der Waals surface area contributed by atoms with E-state index < -0.39 is 0 Å². The van der Waals surface area contributed by atoms with Crippen LogP contribution in [0, 0.1) is 5.92 Å². The molecule has 2 N–H and O–H groups in total. The van der Waals surface area contributed by atoms with Crippen molar-refractivity contribution in [2.45, 2.75) is 33.1 Å². The first-order chi connectivity index (χ1) is 13.2. The Hall–Kier alpha value is -1.77. The fourth-order valence-corrected chi connectivity index (χ4v) is 3.67. The summed E-state index contributed by atoms with van der Waals surface area (Å²) < 4.78 is 5.21. The number of piperidine rings is 1. The van der Waals surface area contributed by atoms with Gasteiger partial charge in [0.1, 0.15) is 0 Å². The van der Waals surface area contributed by atoms with Crippen LogP contribution in [0.15, 0.2) is 35.5 Å². The van der Waals surface area contributed by atoms with Crippen molar-refractivity contribution in [2.75, 3.05) is 32.8 Å². The second kappa shape index (κ2) is 11.3. The maximum Gasteiger partial charge on any atom is 0.310 e. The molecule has 1 atom stereocenters. The Morgan fingerprint density at radius 3 is 2.96 bits per heavy atom. The number of aromatic nitrogens is 1. The smallest absolute Gasteiger partial charge is 0.310 e. The minimum absolute atomic E-state index is 0. The Kier molecular flexibility index (Phi) is 9.08. The number of carbonyl (C=O) groups excluding carboxylic acids is 1. The number of rotatable bonds is 6. The van der Waals surface area contributed by atoms with Crippen LogP contribution in [-0.4, -0.2) is 54.6 Å². The summed E-state index contributed by atoms with van der Waals surface area (Å²) >= 11 is 0. The summed E-state index contributed by atoms with van der Waals surface area (Å²) in [6, 6.07) is 8.34. The standard InChI is InChI=1S/C21H30N4O2.HI/c1-3-22-21(25-13-7-8-17(15-25)20(26)27-4-2)23-12-11-16-14-24-19-10-6-5-9-18(16)19;/h5-6,9-10,14,17,24H,3-4,7-8,11-13,15H2,1-2H3,(H,22,23);1H. The van der Waals surface area contributed by atoms with Gasteiger partial charge in [-0.05, 0) is 44.7 Å². The first-order valence-corrected chi connectivity index (χ1v) is 9.97. The van der Waals surface area contributed by atoms with E-state index in [0.717, 1.165) is 43.8 Å². The molecule has 0 spiro atoms. The quantitative estimate of drug-likeness (QED) is 0.277. The molecule has 6 nitrogen and oxygen atoms in total. The molecule has 1 fully saturated rings. The molecule has 0 radical (unpaired) electrons. The number of aliphatic imine (C=N–C) groups is 1. The Labute approximate surface area is 184 Å². The van der Waals surface area contributed by atoms with Crippen LogP contribution in [0.25, 0.3) is 10.9 Å². The normalized spacial score (nSPS) is 17.3. The lowest BCUT2D eigenvalue weighted by atomic mass is 9.98. The van der Waals surface area contributed by atoms with Gasteiger partial charge in [0.2, 0.25) is 0 Å². The highest BCUT2D eigenvalue weighted by molar-refractivity contribution is 14.0. The largest absolute Gasteiger partial charge is 0.466 e. The maximum absolute atomic E-state index is 12.1. The number of carbonyl (C=O) groups is 1. The molecule has 2 aromatic rings.